The number of rotatable bonds is 19. The molecular weight excluding hydrogens is 448 g/mol. The molecule has 2 aromatic carbocycles. The van der Waals surface area contributed by atoms with Crippen LogP contribution in [0, 0.1) is 0 Å². The van der Waals surface area contributed by atoms with Gasteiger partial charge in [0.05, 0.1) is 39.6 Å². The van der Waals surface area contributed by atoms with Gasteiger partial charge >= 0.3 is 11.9 Å². The Hall–Kier alpha value is -3.18. The van der Waals surface area contributed by atoms with Gasteiger partial charge in [-0.05, 0) is 12.1 Å². The minimum Gasteiger partial charge on any atom is -0.491 e. The first-order valence-corrected chi connectivity index (χ1v) is 10.8. The topological polar surface area (TPSA) is 130 Å². The lowest BCUT2D eigenvalue weighted by molar-refractivity contribution is -0.143. The van der Waals surface area contributed by atoms with Crippen LogP contribution in [0.25, 0.3) is 11.1 Å². The molecule has 2 aromatic rings. The molecule has 34 heavy (non-hydrogen) atoms. The van der Waals surface area contributed by atoms with Crippen molar-refractivity contribution in [1.29, 1.82) is 0 Å². The summed E-state index contributed by atoms with van der Waals surface area (Å²) in [4.78, 5) is 20.8. The van der Waals surface area contributed by atoms with Crippen molar-refractivity contribution in [1.82, 2.24) is 0 Å². The lowest BCUT2D eigenvalue weighted by atomic mass is 10.0. The number of aliphatic carboxylic acids is 2. The van der Waals surface area contributed by atoms with Gasteiger partial charge in [-0.3, -0.25) is 0 Å². The molecule has 10 heteroatoms. The summed E-state index contributed by atoms with van der Waals surface area (Å²) in [6.45, 7) is 1.56. The highest BCUT2D eigenvalue weighted by Gasteiger charge is 2.11. The third-order valence-corrected chi connectivity index (χ3v) is 4.23. The number of hydrogen-bond donors (Lipinski definition) is 2. The van der Waals surface area contributed by atoms with Gasteiger partial charge in [0.2, 0.25) is 0 Å². The van der Waals surface area contributed by atoms with Crippen LogP contribution in [0.1, 0.15) is 0 Å². The summed E-state index contributed by atoms with van der Waals surface area (Å²) in [6.07, 6.45) is 0. The van der Waals surface area contributed by atoms with E-state index in [0.29, 0.717) is 37.9 Å². The van der Waals surface area contributed by atoms with Gasteiger partial charge in [-0.1, -0.05) is 36.4 Å². The molecule has 0 aromatic heterocycles. The van der Waals surface area contributed by atoms with E-state index in [-0.39, 0.29) is 39.6 Å². The van der Waals surface area contributed by atoms with Crippen LogP contribution >= 0.6 is 0 Å². The Bertz CT molecular complexity index is 799. The van der Waals surface area contributed by atoms with E-state index in [1.807, 2.05) is 48.5 Å². The molecular formula is C24H30O10. The molecule has 0 radical (unpaired) electrons. The number of carboxylic acids is 2. The van der Waals surface area contributed by atoms with Gasteiger partial charge < -0.3 is 38.6 Å². The first-order chi connectivity index (χ1) is 16.6. The lowest BCUT2D eigenvalue weighted by Gasteiger charge is -2.15. The van der Waals surface area contributed by atoms with E-state index in [2.05, 4.69) is 0 Å². The van der Waals surface area contributed by atoms with Crippen molar-refractivity contribution in [2.75, 3.05) is 66.1 Å². The van der Waals surface area contributed by atoms with Gasteiger partial charge in [0, 0.05) is 11.1 Å². The van der Waals surface area contributed by atoms with Crippen LogP contribution in [0.5, 0.6) is 11.5 Å². The maximum atomic E-state index is 10.4. The maximum Gasteiger partial charge on any atom is 0.329 e. The number of para-hydroxylation sites is 2. The molecule has 2 rings (SSSR count). The summed E-state index contributed by atoms with van der Waals surface area (Å²) in [6, 6.07) is 15.2. The quantitative estimate of drug-likeness (QED) is 0.290. The summed E-state index contributed by atoms with van der Waals surface area (Å²) in [5, 5.41) is 17.0. The first kappa shape index (κ1) is 27.1. The summed E-state index contributed by atoms with van der Waals surface area (Å²) < 4.78 is 32.4. The van der Waals surface area contributed by atoms with E-state index in [1.54, 1.807) is 0 Å². The van der Waals surface area contributed by atoms with Crippen LogP contribution in [-0.2, 0) is 28.5 Å². The Morgan fingerprint density at radius 3 is 1.29 bits per heavy atom. The highest BCUT2D eigenvalue weighted by molar-refractivity contribution is 5.75. The number of ether oxygens (including phenoxy) is 6. The Labute approximate surface area is 197 Å². The van der Waals surface area contributed by atoms with Crippen molar-refractivity contribution in [3.05, 3.63) is 48.5 Å². The molecule has 186 valence electrons. The predicted molar refractivity (Wildman–Crippen MR) is 121 cm³/mol. The molecule has 0 amide bonds. The Morgan fingerprint density at radius 2 is 0.882 bits per heavy atom. The zero-order chi connectivity index (χ0) is 24.4. The molecule has 0 aliphatic carbocycles. The highest BCUT2D eigenvalue weighted by atomic mass is 16.6. The number of hydrogen-bond acceptors (Lipinski definition) is 8. The second-order valence-electron chi connectivity index (χ2n) is 6.81. The van der Waals surface area contributed by atoms with E-state index in [9.17, 15) is 9.59 Å². The van der Waals surface area contributed by atoms with Gasteiger partial charge in [0.15, 0.2) is 0 Å². The molecule has 0 atom stereocenters. The van der Waals surface area contributed by atoms with Crippen molar-refractivity contribution in [3.63, 3.8) is 0 Å². The van der Waals surface area contributed by atoms with E-state index in [1.165, 1.54) is 0 Å². The zero-order valence-corrected chi connectivity index (χ0v) is 18.9. The third kappa shape index (κ3) is 11.1. The fraction of sp³-hybridized carbons (Fsp3) is 0.417. The van der Waals surface area contributed by atoms with E-state index in [4.69, 9.17) is 38.6 Å². The van der Waals surface area contributed by atoms with Crippen molar-refractivity contribution in [3.8, 4) is 22.6 Å². The fourth-order valence-corrected chi connectivity index (χ4v) is 2.81. The second-order valence-corrected chi connectivity index (χ2v) is 6.81. The molecule has 0 aliphatic rings. The van der Waals surface area contributed by atoms with Gasteiger partial charge in [-0.2, -0.15) is 0 Å². The molecule has 0 saturated heterocycles. The van der Waals surface area contributed by atoms with Crippen molar-refractivity contribution >= 4 is 11.9 Å². The molecule has 0 spiro atoms. The minimum absolute atomic E-state index is 0.201. The maximum absolute atomic E-state index is 10.4. The second kappa shape index (κ2) is 16.4. The predicted octanol–water partition coefficient (Wildman–Crippen LogP) is 2.35. The number of benzene rings is 2. The smallest absolute Gasteiger partial charge is 0.329 e. The fourth-order valence-electron chi connectivity index (χ4n) is 2.81. The monoisotopic (exact) mass is 478 g/mol. The van der Waals surface area contributed by atoms with E-state index < -0.39 is 11.9 Å². The molecule has 10 nitrogen and oxygen atoms in total. The van der Waals surface area contributed by atoms with Crippen LogP contribution in [0.3, 0.4) is 0 Å². The zero-order valence-electron chi connectivity index (χ0n) is 18.9. The van der Waals surface area contributed by atoms with Crippen LogP contribution in [0.2, 0.25) is 0 Å². The van der Waals surface area contributed by atoms with Crippen LogP contribution in [0.4, 0.5) is 0 Å². The molecule has 0 unspecified atom stereocenters. The SMILES string of the molecule is O=C(O)COCCOCCOc1ccccc1-c1ccccc1OCCOCCOCC(=O)O. The minimum atomic E-state index is -1.01. The molecule has 2 N–H and O–H groups in total. The Kier molecular flexibility index (Phi) is 13.1. The Balaban J connectivity index is 1.79. The van der Waals surface area contributed by atoms with Crippen molar-refractivity contribution in [2.45, 2.75) is 0 Å². The van der Waals surface area contributed by atoms with E-state index in [0.717, 1.165) is 11.1 Å². The number of carbonyl (C=O) groups is 2. The third-order valence-electron chi connectivity index (χ3n) is 4.23. The van der Waals surface area contributed by atoms with Gasteiger partial charge in [-0.25, -0.2) is 9.59 Å². The lowest BCUT2D eigenvalue weighted by Crippen LogP contribution is -2.14. The van der Waals surface area contributed by atoms with Crippen molar-refractivity contribution in [2.24, 2.45) is 0 Å². The van der Waals surface area contributed by atoms with Gasteiger partial charge in [-0.15, -0.1) is 0 Å². The molecule has 0 saturated carbocycles. The molecule has 0 aliphatic heterocycles. The standard InChI is InChI=1S/C24H30O10/c25-23(26)17-31-11-9-29-13-15-33-21-7-3-1-5-19(21)20-6-2-4-8-22(20)34-16-14-30-10-12-32-18-24(27)28/h1-8H,9-18H2,(H,25,26)(H,27,28). The largest absolute Gasteiger partial charge is 0.491 e. The highest BCUT2D eigenvalue weighted by Crippen LogP contribution is 2.36. The normalized spacial score (nSPS) is 10.7. The van der Waals surface area contributed by atoms with Crippen LogP contribution in [0.15, 0.2) is 48.5 Å². The summed E-state index contributed by atoms with van der Waals surface area (Å²) in [5.41, 5.74) is 1.73. The molecule has 0 bridgehead atoms. The summed E-state index contributed by atoms with van der Waals surface area (Å²) in [5.74, 6) is -0.675. The first-order valence-electron chi connectivity index (χ1n) is 10.8. The summed E-state index contributed by atoms with van der Waals surface area (Å²) in [7, 11) is 0. The van der Waals surface area contributed by atoms with Crippen LogP contribution in [-0.4, -0.2) is 88.2 Å². The number of carboxylic acid groups (broad SMARTS) is 2. The Morgan fingerprint density at radius 1 is 0.529 bits per heavy atom. The van der Waals surface area contributed by atoms with Gasteiger partial charge in [0.25, 0.3) is 0 Å². The summed E-state index contributed by atoms with van der Waals surface area (Å²) >= 11 is 0. The van der Waals surface area contributed by atoms with Crippen LogP contribution < -0.4 is 9.47 Å². The van der Waals surface area contributed by atoms with E-state index >= 15 is 0 Å². The average molecular weight is 478 g/mol. The van der Waals surface area contributed by atoms with Crippen molar-refractivity contribution < 1.29 is 48.2 Å². The molecule has 0 fully saturated rings. The average Bonchev–Trinajstić information content (AvgIpc) is 2.82. The molecule has 0 heterocycles. The van der Waals surface area contributed by atoms with Gasteiger partial charge in [0.1, 0.15) is 37.9 Å².